The van der Waals surface area contributed by atoms with Crippen LogP contribution in [0.5, 0.6) is 5.75 Å². The number of phenols is 1. The average Bonchev–Trinajstić information content (AvgIpc) is 2.05. The Hall–Kier alpha value is -0.770. The molecule has 0 unspecified atom stereocenters. The van der Waals surface area contributed by atoms with Gasteiger partial charge >= 0.3 is 0 Å². The molecular formula is C8H12ClNO2. The molecule has 1 aromatic rings. The monoisotopic (exact) mass is 189 g/mol. The second-order valence-electron chi connectivity index (χ2n) is 2.34. The summed E-state index contributed by atoms with van der Waals surface area (Å²) in [5.41, 5.74) is 5.96. The van der Waals surface area contributed by atoms with E-state index in [1.54, 1.807) is 12.1 Å². The minimum Gasteiger partial charge on any atom is -0.508 e. The molecule has 0 aromatic heterocycles. The van der Waals surface area contributed by atoms with E-state index in [1.165, 1.54) is 12.1 Å². The van der Waals surface area contributed by atoms with Crippen molar-refractivity contribution in [1.29, 1.82) is 0 Å². The first-order chi connectivity index (χ1) is 5.24. The molecule has 4 N–H and O–H groups in total. The first-order valence-corrected chi connectivity index (χ1v) is 3.41. The maximum Gasteiger partial charge on any atom is 0.115 e. The van der Waals surface area contributed by atoms with Gasteiger partial charge in [0.2, 0.25) is 0 Å². The third-order valence-electron chi connectivity index (χ3n) is 1.50. The molecule has 1 aromatic carbocycles. The summed E-state index contributed by atoms with van der Waals surface area (Å²) >= 11 is 0. The van der Waals surface area contributed by atoms with Crippen LogP contribution in [0.4, 0.5) is 0 Å². The van der Waals surface area contributed by atoms with Crippen LogP contribution < -0.4 is 5.73 Å². The van der Waals surface area contributed by atoms with Gasteiger partial charge in [-0.15, -0.1) is 12.4 Å². The van der Waals surface area contributed by atoms with Crippen LogP contribution in [-0.4, -0.2) is 16.8 Å². The first kappa shape index (κ1) is 11.2. The largest absolute Gasteiger partial charge is 0.508 e. The van der Waals surface area contributed by atoms with Gasteiger partial charge in [-0.05, 0) is 17.7 Å². The SMILES string of the molecule is Cl.NC[C@H](O)c1ccc(O)cc1. The van der Waals surface area contributed by atoms with Crippen molar-refractivity contribution in [2.45, 2.75) is 6.10 Å². The van der Waals surface area contributed by atoms with Crippen LogP contribution in [0.2, 0.25) is 0 Å². The second kappa shape index (κ2) is 4.98. The number of aliphatic hydroxyl groups excluding tert-OH is 1. The zero-order valence-electron chi connectivity index (χ0n) is 6.47. The Morgan fingerprint density at radius 3 is 2.17 bits per heavy atom. The molecule has 0 aliphatic carbocycles. The Labute approximate surface area is 77.2 Å². The number of aromatic hydroxyl groups is 1. The number of hydrogen-bond donors (Lipinski definition) is 3. The zero-order valence-corrected chi connectivity index (χ0v) is 7.29. The maximum absolute atomic E-state index is 9.21. The molecule has 0 aliphatic heterocycles. The lowest BCUT2D eigenvalue weighted by molar-refractivity contribution is 0.186. The fourth-order valence-electron chi connectivity index (χ4n) is 0.833. The van der Waals surface area contributed by atoms with Gasteiger partial charge in [-0.3, -0.25) is 0 Å². The molecule has 0 amide bonds. The number of halogens is 1. The Bertz CT molecular complexity index is 225. The highest BCUT2D eigenvalue weighted by molar-refractivity contribution is 5.85. The number of phenolic OH excluding ortho intramolecular Hbond substituents is 1. The Morgan fingerprint density at radius 2 is 1.75 bits per heavy atom. The van der Waals surface area contributed by atoms with Crippen molar-refractivity contribution >= 4 is 12.4 Å². The standard InChI is InChI=1S/C8H11NO2.ClH/c9-5-8(11)6-1-3-7(10)4-2-6;/h1-4,8,10-11H,5,9H2;1H/t8-;/m0./s1. The van der Waals surface area contributed by atoms with Gasteiger partial charge < -0.3 is 15.9 Å². The lowest BCUT2D eigenvalue weighted by atomic mass is 10.1. The fraction of sp³-hybridized carbons (Fsp3) is 0.250. The van der Waals surface area contributed by atoms with Crippen molar-refractivity contribution < 1.29 is 10.2 Å². The van der Waals surface area contributed by atoms with Crippen molar-refractivity contribution in [3.8, 4) is 5.75 Å². The van der Waals surface area contributed by atoms with Gasteiger partial charge in [0.05, 0.1) is 6.10 Å². The molecule has 0 aliphatic rings. The van der Waals surface area contributed by atoms with E-state index >= 15 is 0 Å². The van der Waals surface area contributed by atoms with Crippen molar-refractivity contribution in [2.24, 2.45) is 5.73 Å². The predicted molar refractivity (Wildman–Crippen MR) is 49.4 cm³/mol. The number of hydrogen-bond acceptors (Lipinski definition) is 3. The molecule has 12 heavy (non-hydrogen) atoms. The number of nitrogens with two attached hydrogens (primary N) is 1. The second-order valence-corrected chi connectivity index (χ2v) is 2.34. The molecular weight excluding hydrogens is 178 g/mol. The van der Waals surface area contributed by atoms with E-state index < -0.39 is 6.10 Å². The quantitative estimate of drug-likeness (QED) is 0.645. The Morgan fingerprint density at radius 1 is 1.25 bits per heavy atom. The van der Waals surface area contributed by atoms with E-state index in [1.807, 2.05) is 0 Å². The average molecular weight is 190 g/mol. The third kappa shape index (κ3) is 2.70. The van der Waals surface area contributed by atoms with Gasteiger partial charge in [0.15, 0.2) is 0 Å². The number of benzene rings is 1. The van der Waals surface area contributed by atoms with Crippen molar-refractivity contribution in [3.05, 3.63) is 29.8 Å². The van der Waals surface area contributed by atoms with E-state index in [9.17, 15) is 5.11 Å². The lowest BCUT2D eigenvalue weighted by Crippen LogP contribution is -2.10. The molecule has 0 spiro atoms. The Balaban J connectivity index is 0.00000121. The highest BCUT2D eigenvalue weighted by Gasteiger charge is 2.02. The minimum atomic E-state index is -0.629. The van der Waals surface area contributed by atoms with E-state index in [-0.39, 0.29) is 24.7 Å². The molecule has 0 saturated carbocycles. The number of aliphatic hydroxyl groups is 1. The lowest BCUT2D eigenvalue weighted by Gasteiger charge is -2.06. The summed E-state index contributed by atoms with van der Waals surface area (Å²) in [6, 6.07) is 6.34. The summed E-state index contributed by atoms with van der Waals surface area (Å²) in [5, 5.41) is 18.1. The normalized spacial score (nSPS) is 11.8. The molecule has 0 fully saturated rings. The van der Waals surface area contributed by atoms with Crippen LogP contribution in [0, 0.1) is 0 Å². The molecule has 1 rings (SSSR count). The van der Waals surface area contributed by atoms with E-state index in [2.05, 4.69) is 0 Å². The van der Waals surface area contributed by atoms with Crippen LogP contribution >= 0.6 is 12.4 Å². The summed E-state index contributed by atoms with van der Waals surface area (Å²) in [5.74, 6) is 0.193. The maximum atomic E-state index is 9.21. The van der Waals surface area contributed by atoms with E-state index in [0.717, 1.165) is 5.56 Å². The smallest absolute Gasteiger partial charge is 0.115 e. The van der Waals surface area contributed by atoms with Gasteiger partial charge in [-0.25, -0.2) is 0 Å². The van der Waals surface area contributed by atoms with E-state index in [4.69, 9.17) is 10.8 Å². The molecule has 0 bridgehead atoms. The fourth-order valence-corrected chi connectivity index (χ4v) is 0.833. The summed E-state index contributed by atoms with van der Waals surface area (Å²) in [7, 11) is 0. The number of rotatable bonds is 2. The van der Waals surface area contributed by atoms with Gasteiger partial charge in [0.25, 0.3) is 0 Å². The van der Waals surface area contributed by atoms with Crippen LogP contribution in [-0.2, 0) is 0 Å². The summed E-state index contributed by atoms with van der Waals surface area (Å²) in [6.45, 7) is 0.199. The van der Waals surface area contributed by atoms with Crippen molar-refractivity contribution in [2.75, 3.05) is 6.54 Å². The molecule has 0 saturated heterocycles. The van der Waals surface area contributed by atoms with Crippen LogP contribution in [0.3, 0.4) is 0 Å². The topological polar surface area (TPSA) is 66.5 Å². The highest BCUT2D eigenvalue weighted by atomic mass is 35.5. The van der Waals surface area contributed by atoms with Gasteiger partial charge in [0, 0.05) is 6.54 Å². The summed E-state index contributed by atoms with van der Waals surface area (Å²) in [4.78, 5) is 0. The minimum absolute atomic E-state index is 0. The summed E-state index contributed by atoms with van der Waals surface area (Å²) < 4.78 is 0. The molecule has 1 atom stereocenters. The molecule has 0 radical (unpaired) electrons. The molecule has 3 nitrogen and oxygen atoms in total. The van der Waals surface area contributed by atoms with Crippen LogP contribution in [0.25, 0.3) is 0 Å². The van der Waals surface area contributed by atoms with Gasteiger partial charge in [0.1, 0.15) is 5.75 Å². The Kier molecular flexibility index (Phi) is 4.66. The third-order valence-corrected chi connectivity index (χ3v) is 1.50. The van der Waals surface area contributed by atoms with Crippen LogP contribution in [0.1, 0.15) is 11.7 Å². The predicted octanol–water partition coefficient (Wildman–Crippen LogP) is 0.806. The molecule has 4 heteroatoms. The van der Waals surface area contributed by atoms with Gasteiger partial charge in [-0.1, -0.05) is 12.1 Å². The zero-order chi connectivity index (χ0) is 8.27. The molecule has 0 heterocycles. The first-order valence-electron chi connectivity index (χ1n) is 3.41. The van der Waals surface area contributed by atoms with E-state index in [0.29, 0.717) is 0 Å². The summed E-state index contributed by atoms with van der Waals surface area (Å²) in [6.07, 6.45) is -0.629. The molecule has 68 valence electrons. The highest BCUT2D eigenvalue weighted by Crippen LogP contribution is 2.15. The van der Waals surface area contributed by atoms with Crippen molar-refractivity contribution in [1.82, 2.24) is 0 Å². The van der Waals surface area contributed by atoms with Crippen LogP contribution in [0.15, 0.2) is 24.3 Å². The van der Waals surface area contributed by atoms with Crippen molar-refractivity contribution in [3.63, 3.8) is 0 Å². The van der Waals surface area contributed by atoms with Gasteiger partial charge in [-0.2, -0.15) is 0 Å².